The van der Waals surface area contributed by atoms with Gasteiger partial charge in [0.1, 0.15) is 12.4 Å². The van der Waals surface area contributed by atoms with Crippen molar-refractivity contribution in [3.63, 3.8) is 0 Å². The Hall–Kier alpha value is -2.70. The van der Waals surface area contributed by atoms with Gasteiger partial charge in [-0.25, -0.2) is 4.98 Å². The third-order valence-electron chi connectivity index (χ3n) is 5.93. The highest BCUT2D eigenvalue weighted by Gasteiger charge is 2.17. The van der Waals surface area contributed by atoms with Gasteiger partial charge in [0, 0.05) is 38.3 Å². The molecule has 6 heteroatoms. The lowest BCUT2D eigenvalue weighted by Crippen LogP contribution is -2.33. The number of imidazole rings is 1. The number of carbonyl (C=O) groups excluding carboxylic acids is 1. The zero-order valence-electron chi connectivity index (χ0n) is 16.6. The van der Waals surface area contributed by atoms with E-state index in [-0.39, 0.29) is 5.91 Å². The maximum absolute atomic E-state index is 12.6. The number of carbonyl (C=O) groups is 1. The molecule has 0 spiro atoms. The summed E-state index contributed by atoms with van der Waals surface area (Å²) in [5.74, 6) is 0.907. The summed E-state index contributed by atoms with van der Waals surface area (Å²) in [6.45, 7) is 5.86. The van der Waals surface area contributed by atoms with Gasteiger partial charge in [-0.3, -0.25) is 9.69 Å². The molecular weight excluding hydrogens is 364 g/mol. The van der Waals surface area contributed by atoms with E-state index in [1.165, 1.54) is 11.1 Å². The Morgan fingerprint density at radius 2 is 2.03 bits per heavy atom. The Bertz CT molecular complexity index is 1040. The van der Waals surface area contributed by atoms with Crippen molar-refractivity contribution in [2.45, 2.75) is 32.5 Å². The van der Waals surface area contributed by atoms with E-state index < -0.39 is 0 Å². The van der Waals surface area contributed by atoms with E-state index in [1.807, 2.05) is 18.2 Å². The molecule has 3 heterocycles. The van der Waals surface area contributed by atoms with Crippen LogP contribution in [0.2, 0.25) is 0 Å². The van der Waals surface area contributed by atoms with E-state index in [1.54, 1.807) is 0 Å². The number of hydrogen-bond donors (Lipinski definition) is 1. The van der Waals surface area contributed by atoms with Crippen molar-refractivity contribution < 1.29 is 9.53 Å². The summed E-state index contributed by atoms with van der Waals surface area (Å²) in [6, 6.07) is 14.5. The average Bonchev–Trinajstić information content (AvgIpc) is 3.14. The Morgan fingerprint density at radius 3 is 2.97 bits per heavy atom. The van der Waals surface area contributed by atoms with Gasteiger partial charge in [0.2, 0.25) is 0 Å². The highest BCUT2D eigenvalue weighted by molar-refractivity contribution is 5.97. The van der Waals surface area contributed by atoms with Gasteiger partial charge in [-0.15, -0.1) is 0 Å². The second-order valence-electron chi connectivity index (χ2n) is 7.84. The fourth-order valence-electron chi connectivity index (χ4n) is 4.35. The molecule has 3 aromatic rings. The zero-order chi connectivity index (χ0) is 19.6. The minimum Gasteiger partial charge on any atom is -0.372 e. The van der Waals surface area contributed by atoms with Crippen LogP contribution in [-0.4, -0.2) is 46.6 Å². The molecule has 2 aliphatic heterocycles. The van der Waals surface area contributed by atoms with Gasteiger partial charge in [-0.2, -0.15) is 0 Å². The van der Waals surface area contributed by atoms with E-state index in [0.29, 0.717) is 25.3 Å². The SMILES string of the molecule is O=C(NCCCN1CCc2ccccc2C1)c1ccc2c(c1)nc1n2CCOC1. The molecule has 2 aliphatic rings. The molecule has 1 amide bonds. The third kappa shape index (κ3) is 3.78. The largest absolute Gasteiger partial charge is 0.372 e. The lowest BCUT2D eigenvalue weighted by Gasteiger charge is -2.28. The normalized spacial score (nSPS) is 16.4. The Balaban J connectivity index is 1.14. The van der Waals surface area contributed by atoms with Crippen LogP contribution in [0.5, 0.6) is 0 Å². The number of nitrogens with one attached hydrogen (secondary N) is 1. The maximum atomic E-state index is 12.6. The molecule has 0 saturated carbocycles. The number of hydrogen-bond acceptors (Lipinski definition) is 4. The van der Waals surface area contributed by atoms with Crippen molar-refractivity contribution in [1.29, 1.82) is 0 Å². The van der Waals surface area contributed by atoms with Crippen molar-refractivity contribution in [3.8, 4) is 0 Å². The summed E-state index contributed by atoms with van der Waals surface area (Å²) in [5, 5.41) is 3.06. The Kier molecular flexibility index (Phi) is 5.04. The van der Waals surface area contributed by atoms with Gasteiger partial charge in [0.25, 0.3) is 5.91 Å². The van der Waals surface area contributed by atoms with Crippen LogP contribution < -0.4 is 5.32 Å². The highest BCUT2D eigenvalue weighted by atomic mass is 16.5. The van der Waals surface area contributed by atoms with Crippen LogP contribution in [0.15, 0.2) is 42.5 Å². The molecular formula is C23H26N4O2. The molecule has 1 aromatic heterocycles. The monoisotopic (exact) mass is 390 g/mol. The lowest BCUT2D eigenvalue weighted by atomic mass is 10.00. The quantitative estimate of drug-likeness (QED) is 0.681. The van der Waals surface area contributed by atoms with Crippen LogP contribution in [0.1, 0.15) is 33.7 Å². The van der Waals surface area contributed by atoms with E-state index in [0.717, 1.165) is 55.9 Å². The Morgan fingerprint density at radius 1 is 1.14 bits per heavy atom. The minimum absolute atomic E-state index is 0.0295. The molecule has 0 saturated heterocycles. The molecule has 5 rings (SSSR count). The molecule has 2 aromatic carbocycles. The summed E-state index contributed by atoms with van der Waals surface area (Å²) in [7, 11) is 0. The second kappa shape index (κ2) is 7.97. The number of benzene rings is 2. The predicted octanol–water partition coefficient (Wildman–Crippen LogP) is 2.74. The molecule has 0 aliphatic carbocycles. The van der Waals surface area contributed by atoms with Crippen LogP contribution in [-0.2, 0) is 30.9 Å². The highest BCUT2D eigenvalue weighted by Crippen LogP contribution is 2.21. The molecule has 0 atom stereocenters. The van der Waals surface area contributed by atoms with E-state index in [4.69, 9.17) is 4.74 Å². The predicted molar refractivity (Wildman–Crippen MR) is 112 cm³/mol. The van der Waals surface area contributed by atoms with Crippen molar-refractivity contribution in [1.82, 2.24) is 19.8 Å². The Labute approximate surface area is 170 Å². The lowest BCUT2D eigenvalue weighted by molar-refractivity contribution is 0.0830. The molecule has 0 fully saturated rings. The smallest absolute Gasteiger partial charge is 0.251 e. The first-order valence-corrected chi connectivity index (χ1v) is 10.4. The molecule has 150 valence electrons. The summed E-state index contributed by atoms with van der Waals surface area (Å²) in [6.07, 6.45) is 2.06. The molecule has 0 radical (unpaired) electrons. The topological polar surface area (TPSA) is 59.4 Å². The first-order chi connectivity index (χ1) is 14.3. The summed E-state index contributed by atoms with van der Waals surface area (Å²) in [5.41, 5.74) is 5.51. The van der Waals surface area contributed by atoms with Crippen molar-refractivity contribution in [3.05, 3.63) is 65.0 Å². The fourth-order valence-corrected chi connectivity index (χ4v) is 4.35. The number of ether oxygens (including phenoxy) is 1. The summed E-state index contributed by atoms with van der Waals surface area (Å²) >= 11 is 0. The van der Waals surface area contributed by atoms with E-state index in [9.17, 15) is 4.79 Å². The van der Waals surface area contributed by atoms with E-state index >= 15 is 0 Å². The number of nitrogens with zero attached hydrogens (tertiary/aromatic N) is 3. The summed E-state index contributed by atoms with van der Waals surface area (Å²) < 4.78 is 7.65. The third-order valence-corrected chi connectivity index (χ3v) is 5.93. The number of fused-ring (bicyclic) bond motifs is 4. The van der Waals surface area contributed by atoms with Gasteiger partial charge in [0.15, 0.2) is 0 Å². The number of rotatable bonds is 5. The van der Waals surface area contributed by atoms with Gasteiger partial charge >= 0.3 is 0 Å². The van der Waals surface area contributed by atoms with Crippen LogP contribution >= 0.6 is 0 Å². The van der Waals surface area contributed by atoms with Crippen LogP contribution in [0.3, 0.4) is 0 Å². The average molecular weight is 390 g/mol. The number of amides is 1. The van der Waals surface area contributed by atoms with Gasteiger partial charge in [0.05, 0.1) is 17.6 Å². The van der Waals surface area contributed by atoms with Gasteiger partial charge < -0.3 is 14.6 Å². The molecule has 0 bridgehead atoms. The molecule has 29 heavy (non-hydrogen) atoms. The van der Waals surface area contributed by atoms with Crippen LogP contribution in [0.25, 0.3) is 11.0 Å². The minimum atomic E-state index is -0.0295. The molecule has 0 unspecified atom stereocenters. The van der Waals surface area contributed by atoms with Crippen LogP contribution in [0.4, 0.5) is 0 Å². The fraction of sp³-hybridized carbons (Fsp3) is 0.391. The maximum Gasteiger partial charge on any atom is 0.251 e. The summed E-state index contributed by atoms with van der Waals surface area (Å²) in [4.78, 5) is 19.7. The first-order valence-electron chi connectivity index (χ1n) is 10.4. The second-order valence-corrected chi connectivity index (χ2v) is 7.84. The van der Waals surface area contributed by atoms with Crippen molar-refractivity contribution in [2.24, 2.45) is 0 Å². The standard InChI is InChI=1S/C23H26N4O2/c28-23(18-6-7-21-20(14-18)25-22-16-29-13-12-27(21)22)24-9-3-10-26-11-8-17-4-1-2-5-19(17)15-26/h1-2,4-7,14H,3,8-13,15-16H2,(H,24,28). The molecule has 6 nitrogen and oxygen atoms in total. The number of aromatic nitrogens is 2. The van der Waals surface area contributed by atoms with Gasteiger partial charge in [-0.05, 0) is 42.2 Å². The van der Waals surface area contributed by atoms with Crippen molar-refractivity contribution >= 4 is 16.9 Å². The first kappa shape index (κ1) is 18.3. The van der Waals surface area contributed by atoms with E-state index in [2.05, 4.69) is 44.0 Å². The zero-order valence-corrected chi connectivity index (χ0v) is 16.6. The van der Waals surface area contributed by atoms with Crippen molar-refractivity contribution in [2.75, 3.05) is 26.2 Å². The van der Waals surface area contributed by atoms with Crippen LogP contribution in [0, 0.1) is 0 Å². The molecule has 1 N–H and O–H groups in total. The van der Waals surface area contributed by atoms with Gasteiger partial charge in [-0.1, -0.05) is 24.3 Å².